The molecule has 2 aromatic carbocycles. The number of nitrogens with zero attached hydrogens (tertiary/aromatic N) is 2. The molecule has 7 heteroatoms. The Morgan fingerprint density at radius 1 is 1.21 bits per heavy atom. The second-order valence-electron chi connectivity index (χ2n) is 4.87. The first-order chi connectivity index (χ1) is 11.7. The second kappa shape index (κ2) is 6.91. The summed E-state index contributed by atoms with van der Waals surface area (Å²) in [6.45, 7) is 0.0261. The fraction of sp³-hybridized carbons (Fsp3) is 0.118. The van der Waals surface area contributed by atoms with Crippen LogP contribution in [0.25, 0.3) is 11.4 Å². The van der Waals surface area contributed by atoms with Crippen LogP contribution in [0.1, 0.15) is 16.2 Å². The number of carbonyl (C=O) groups excluding carboxylic acids is 1. The second-order valence-corrected chi connectivity index (χ2v) is 4.87. The van der Waals surface area contributed by atoms with E-state index in [1.807, 2.05) is 0 Å². The van der Waals surface area contributed by atoms with Crippen LogP contribution in [0.3, 0.4) is 0 Å². The van der Waals surface area contributed by atoms with Gasteiger partial charge in [0.05, 0.1) is 24.8 Å². The Morgan fingerprint density at radius 2 is 1.96 bits per heavy atom. The predicted molar refractivity (Wildman–Crippen MR) is 83.9 cm³/mol. The number of rotatable bonds is 5. The molecule has 1 heterocycles. The topological polar surface area (TPSA) is 77.2 Å². The summed E-state index contributed by atoms with van der Waals surface area (Å²) >= 11 is 0. The number of benzene rings is 2. The highest BCUT2D eigenvalue weighted by Crippen LogP contribution is 2.19. The van der Waals surface area contributed by atoms with Gasteiger partial charge in [0.1, 0.15) is 11.6 Å². The minimum atomic E-state index is -0.442. The largest absolute Gasteiger partial charge is 0.496 e. The molecule has 0 saturated heterocycles. The Morgan fingerprint density at radius 3 is 2.75 bits per heavy atom. The summed E-state index contributed by atoms with van der Waals surface area (Å²) < 4.78 is 23.9. The lowest BCUT2D eigenvalue weighted by atomic mass is 10.2. The van der Waals surface area contributed by atoms with Crippen molar-refractivity contribution in [3.63, 3.8) is 0 Å². The van der Waals surface area contributed by atoms with E-state index in [2.05, 4.69) is 15.5 Å². The Bertz CT molecular complexity index is 864. The van der Waals surface area contributed by atoms with Crippen molar-refractivity contribution >= 4 is 5.91 Å². The lowest BCUT2D eigenvalue weighted by Crippen LogP contribution is -2.23. The maximum absolute atomic E-state index is 13.7. The van der Waals surface area contributed by atoms with Crippen LogP contribution in [0.4, 0.5) is 4.39 Å². The molecule has 3 aromatic rings. The van der Waals surface area contributed by atoms with Crippen molar-refractivity contribution in [1.82, 2.24) is 15.5 Å². The molecule has 0 spiro atoms. The monoisotopic (exact) mass is 327 g/mol. The van der Waals surface area contributed by atoms with Crippen LogP contribution in [-0.2, 0) is 6.54 Å². The van der Waals surface area contributed by atoms with Crippen LogP contribution in [0.5, 0.6) is 5.75 Å². The van der Waals surface area contributed by atoms with E-state index in [-0.39, 0.29) is 29.7 Å². The van der Waals surface area contributed by atoms with Gasteiger partial charge >= 0.3 is 0 Å². The minimum absolute atomic E-state index is 0.0261. The average Bonchev–Trinajstić information content (AvgIpc) is 3.08. The zero-order valence-corrected chi connectivity index (χ0v) is 12.8. The Kier molecular flexibility index (Phi) is 4.51. The Hall–Kier alpha value is -3.22. The lowest BCUT2D eigenvalue weighted by molar-refractivity contribution is 0.0943. The van der Waals surface area contributed by atoms with Gasteiger partial charge in [-0.05, 0) is 24.3 Å². The number of hydrogen-bond donors (Lipinski definition) is 1. The molecule has 0 unspecified atom stereocenters. The van der Waals surface area contributed by atoms with Crippen LogP contribution in [0, 0.1) is 5.82 Å². The predicted octanol–water partition coefficient (Wildman–Crippen LogP) is 2.81. The highest BCUT2D eigenvalue weighted by Gasteiger charge is 2.15. The van der Waals surface area contributed by atoms with E-state index < -0.39 is 5.82 Å². The average molecular weight is 327 g/mol. The molecule has 24 heavy (non-hydrogen) atoms. The first kappa shape index (κ1) is 15.7. The number of hydrogen-bond acceptors (Lipinski definition) is 5. The fourth-order valence-electron chi connectivity index (χ4n) is 2.16. The first-order valence-electron chi connectivity index (χ1n) is 7.17. The molecule has 122 valence electrons. The number of aromatic nitrogens is 2. The summed E-state index contributed by atoms with van der Waals surface area (Å²) in [7, 11) is 1.49. The van der Waals surface area contributed by atoms with Gasteiger partial charge < -0.3 is 14.6 Å². The summed E-state index contributed by atoms with van der Waals surface area (Å²) in [4.78, 5) is 16.3. The maximum atomic E-state index is 13.7. The SMILES string of the molecule is COc1ccccc1C(=O)NCc1nc(-c2ccccc2F)no1. The van der Waals surface area contributed by atoms with Gasteiger partial charge in [0.25, 0.3) is 5.91 Å². The number of carbonyl (C=O) groups is 1. The van der Waals surface area contributed by atoms with Crippen molar-refractivity contribution in [3.05, 3.63) is 65.8 Å². The van der Waals surface area contributed by atoms with E-state index in [0.29, 0.717) is 11.3 Å². The van der Waals surface area contributed by atoms with Gasteiger partial charge in [-0.3, -0.25) is 4.79 Å². The Labute approximate surface area is 137 Å². The molecule has 0 aliphatic rings. The number of halogens is 1. The van der Waals surface area contributed by atoms with Crippen LogP contribution in [0.2, 0.25) is 0 Å². The summed E-state index contributed by atoms with van der Waals surface area (Å²) in [5.74, 6) is -0.000263. The molecule has 0 atom stereocenters. The van der Waals surface area contributed by atoms with E-state index >= 15 is 0 Å². The third-order valence-electron chi connectivity index (χ3n) is 3.33. The third-order valence-corrected chi connectivity index (χ3v) is 3.33. The van der Waals surface area contributed by atoms with Crippen LogP contribution in [-0.4, -0.2) is 23.2 Å². The van der Waals surface area contributed by atoms with Gasteiger partial charge in [0.2, 0.25) is 11.7 Å². The molecule has 0 aliphatic heterocycles. The van der Waals surface area contributed by atoms with Gasteiger partial charge in [-0.25, -0.2) is 4.39 Å². The number of methoxy groups -OCH3 is 1. The molecule has 0 aliphatic carbocycles. The van der Waals surface area contributed by atoms with E-state index in [4.69, 9.17) is 9.26 Å². The molecule has 1 amide bonds. The quantitative estimate of drug-likeness (QED) is 0.780. The van der Waals surface area contributed by atoms with E-state index in [0.717, 1.165) is 0 Å². The molecule has 0 radical (unpaired) electrons. The Balaban J connectivity index is 1.70. The minimum Gasteiger partial charge on any atom is -0.496 e. The first-order valence-corrected chi connectivity index (χ1v) is 7.17. The maximum Gasteiger partial charge on any atom is 0.255 e. The molecular weight excluding hydrogens is 313 g/mol. The lowest BCUT2D eigenvalue weighted by Gasteiger charge is -2.07. The number of nitrogens with one attached hydrogen (secondary N) is 1. The standard InChI is InChI=1S/C17H14FN3O3/c1-23-14-9-5-3-7-12(14)17(22)19-10-15-20-16(21-24-15)11-6-2-4-8-13(11)18/h2-9H,10H2,1H3,(H,19,22). The van der Waals surface area contributed by atoms with E-state index in [1.165, 1.54) is 13.2 Å². The zero-order chi connectivity index (χ0) is 16.9. The number of amides is 1. The van der Waals surface area contributed by atoms with Crippen molar-refractivity contribution in [2.75, 3.05) is 7.11 Å². The molecule has 1 aromatic heterocycles. The van der Waals surface area contributed by atoms with Gasteiger partial charge in [0, 0.05) is 0 Å². The van der Waals surface area contributed by atoms with Gasteiger partial charge in [-0.1, -0.05) is 29.4 Å². The van der Waals surface area contributed by atoms with Crippen LogP contribution in [0.15, 0.2) is 53.1 Å². The summed E-state index contributed by atoms with van der Waals surface area (Å²) in [6, 6.07) is 13.0. The van der Waals surface area contributed by atoms with E-state index in [1.54, 1.807) is 42.5 Å². The molecule has 3 rings (SSSR count). The highest BCUT2D eigenvalue weighted by molar-refractivity contribution is 5.96. The van der Waals surface area contributed by atoms with Crippen molar-refractivity contribution in [3.8, 4) is 17.1 Å². The smallest absolute Gasteiger partial charge is 0.255 e. The van der Waals surface area contributed by atoms with Gasteiger partial charge in [0.15, 0.2) is 0 Å². The van der Waals surface area contributed by atoms with Crippen molar-refractivity contribution in [1.29, 1.82) is 0 Å². The molecule has 1 N–H and O–H groups in total. The molecular formula is C17H14FN3O3. The van der Waals surface area contributed by atoms with Gasteiger partial charge in [-0.15, -0.1) is 0 Å². The third kappa shape index (κ3) is 3.24. The normalized spacial score (nSPS) is 10.4. The van der Waals surface area contributed by atoms with Crippen molar-refractivity contribution in [2.24, 2.45) is 0 Å². The zero-order valence-electron chi connectivity index (χ0n) is 12.8. The molecule has 0 bridgehead atoms. The summed E-state index contributed by atoms with van der Waals surface area (Å²) in [6.07, 6.45) is 0. The summed E-state index contributed by atoms with van der Waals surface area (Å²) in [5, 5.41) is 6.39. The molecule has 0 saturated carbocycles. The summed E-state index contributed by atoms with van der Waals surface area (Å²) in [5.41, 5.74) is 0.636. The van der Waals surface area contributed by atoms with Crippen molar-refractivity contribution < 1.29 is 18.4 Å². The highest BCUT2D eigenvalue weighted by atomic mass is 19.1. The van der Waals surface area contributed by atoms with E-state index in [9.17, 15) is 9.18 Å². The number of ether oxygens (including phenoxy) is 1. The number of para-hydroxylation sites is 1. The van der Waals surface area contributed by atoms with Crippen LogP contribution < -0.4 is 10.1 Å². The van der Waals surface area contributed by atoms with Gasteiger partial charge in [-0.2, -0.15) is 4.98 Å². The van der Waals surface area contributed by atoms with Crippen LogP contribution >= 0.6 is 0 Å². The fourth-order valence-corrected chi connectivity index (χ4v) is 2.16. The van der Waals surface area contributed by atoms with Crippen molar-refractivity contribution in [2.45, 2.75) is 6.54 Å². The molecule has 0 fully saturated rings. The molecule has 6 nitrogen and oxygen atoms in total.